The minimum absolute atomic E-state index is 0.174. The molecule has 1 nitrogen and oxygen atoms in total. The maximum absolute atomic E-state index is 13.3. The van der Waals surface area contributed by atoms with E-state index in [9.17, 15) is 4.39 Å². The van der Waals surface area contributed by atoms with Crippen molar-refractivity contribution in [1.29, 1.82) is 0 Å². The largest absolute Gasteiger partial charge is 0.327 e. The van der Waals surface area contributed by atoms with Crippen molar-refractivity contribution >= 4 is 6.08 Å². The molecule has 2 rings (SSSR count). The summed E-state index contributed by atoms with van der Waals surface area (Å²) in [6.45, 7) is 2.60. The molecule has 0 radical (unpaired) electrons. The normalized spacial score (nSPS) is 18.1. The van der Waals surface area contributed by atoms with E-state index in [1.54, 1.807) is 6.07 Å². The van der Waals surface area contributed by atoms with Crippen LogP contribution in [0.4, 0.5) is 4.39 Å². The average Bonchev–Trinajstić information content (AvgIpc) is 2.41. The van der Waals surface area contributed by atoms with Crippen LogP contribution in [0, 0.1) is 18.7 Å². The van der Waals surface area contributed by atoms with E-state index in [1.807, 2.05) is 13.0 Å². The average molecular weight is 247 g/mol. The summed E-state index contributed by atoms with van der Waals surface area (Å²) >= 11 is 0. The first kappa shape index (κ1) is 13.3. The predicted molar refractivity (Wildman–Crippen MR) is 74.7 cm³/mol. The Morgan fingerprint density at radius 1 is 1.33 bits per heavy atom. The van der Waals surface area contributed by atoms with Crippen LogP contribution in [0.5, 0.6) is 0 Å². The van der Waals surface area contributed by atoms with E-state index in [4.69, 9.17) is 5.73 Å². The zero-order chi connectivity index (χ0) is 13.0. The summed E-state index contributed by atoms with van der Waals surface area (Å²) in [4.78, 5) is 0. The highest BCUT2D eigenvalue weighted by atomic mass is 19.1. The highest BCUT2D eigenvalue weighted by Gasteiger charge is 2.17. The Bertz CT molecular complexity index is 431. The van der Waals surface area contributed by atoms with E-state index in [1.165, 1.54) is 43.7 Å². The first-order valence-electron chi connectivity index (χ1n) is 6.87. The number of hydrogen-bond acceptors (Lipinski definition) is 1. The fraction of sp³-hybridized carbons (Fsp3) is 0.500. The summed E-state index contributed by atoms with van der Waals surface area (Å²) in [7, 11) is 0. The Morgan fingerprint density at radius 2 is 2.06 bits per heavy atom. The Kier molecular flexibility index (Phi) is 4.54. The second-order valence-electron chi connectivity index (χ2n) is 5.26. The van der Waals surface area contributed by atoms with Crippen molar-refractivity contribution in [2.24, 2.45) is 11.7 Å². The number of halogens is 1. The first-order chi connectivity index (χ1) is 8.70. The molecule has 1 aliphatic rings. The van der Waals surface area contributed by atoms with Gasteiger partial charge in [0.25, 0.3) is 0 Å². The first-order valence-corrected chi connectivity index (χ1v) is 6.87. The van der Waals surface area contributed by atoms with Crippen LogP contribution >= 0.6 is 0 Å². The number of aryl methyl sites for hydroxylation is 1. The zero-order valence-electron chi connectivity index (χ0n) is 11.1. The molecule has 0 spiro atoms. The van der Waals surface area contributed by atoms with E-state index < -0.39 is 0 Å². The summed E-state index contributed by atoms with van der Waals surface area (Å²) in [6, 6.07) is 4.94. The minimum atomic E-state index is -0.174. The van der Waals surface area contributed by atoms with Gasteiger partial charge in [0.2, 0.25) is 0 Å². The van der Waals surface area contributed by atoms with Crippen molar-refractivity contribution < 1.29 is 4.39 Å². The lowest BCUT2D eigenvalue weighted by Gasteiger charge is -2.24. The Labute approximate surface area is 109 Å². The van der Waals surface area contributed by atoms with Gasteiger partial charge in [-0.1, -0.05) is 37.0 Å². The molecular formula is C16H22FN. The summed E-state index contributed by atoms with van der Waals surface area (Å²) in [5.74, 6) is 0.429. The highest BCUT2D eigenvalue weighted by Crippen LogP contribution is 2.30. The summed E-state index contributed by atoms with van der Waals surface area (Å²) in [5.41, 5.74) is 9.24. The molecule has 2 N–H and O–H groups in total. The molecule has 18 heavy (non-hydrogen) atoms. The van der Waals surface area contributed by atoms with Gasteiger partial charge in [-0.15, -0.1) is 0 Å². The topological polar surface area (TPSA) is 26.0 Å². The third-order valence-electron chi connectivity index (χ3n) is 3.95. The van der Waals surface area contributed by atoms with E-state index in [2.05, 4.69) is 6.08 Å². The molecule has 1 aliphatic carbocycles. The second-order valence-corrected chi connectivity index (χ2v) is 5.26. The maximum Gasteiger partial charge on any atom is 0.123 e. The SMILES string of the molecule is Cc1ccc(F)cc1/C=C(/CN)C1CCCCC1. The lowest BCUT2D eigenvalue weighted by Crippen LogP contribution is -2.16. The molecule has 0 bridgehead atoms. The van der Waals surface area contributed by atoms with Gasteiger partial charge in [0, 0.05) is 6.54 Å². The summed E-state index contributed by atoms with van der Waals surface area (Å²) in [6.07, 6.45) is 8.50. The van der Waals surface area contributed by atoms with Gasteiger partial charge >= 0.3 is 0 Å². The number of nitrogens with two attached hydrogens (primary N) is 1. The monoisotopic (exact) mass is 247 g/mol. The molecule has 0 aliphatic heterocycles. The van der Waals surface area contributed by atoms with Crippen LogP contribution in [-0.4, -0.2) is 6.54 Å². The molecule has 0 saturated heterocycles. The van der Waals surface area contributed by atoms with Gasteiger partial charge in [-0.25, -0.2) is 4.39 Å². The van der Waals surface area contributed by atoms with Gasteiger partial charge in [-0.3, -0.25) is 0 Å². The molecule has 0 aromatic heterocycles. The van der Waals surface area contributed by atoms with Crippen molar-refractivity contribution in [3.8, 4) is 0 Å². The third kappa shape index (κ3) is 3.20. The molecule has 1 aromatic rings. The van der Waals surface area contributed by atoms with Crippen LogP contribution in [0.2, 0.25) is 0 Å². The molecule has 98 valence electrons. The maximum atomic E-state index is 13.3. The zero-order valence-corrected chi connectivity index (χ0v) is 11.1. The molecule has 1 fully saturated rings. The van der Waals surface area contributed by atoms with Crippen LogP contribution in [-0.2, 0) is 0 Å². The van der Waals surface area contributed by atoms with Gasteiger partial charge < -0.3 is 5.73 Å². The lowest BCUT2D eigenvalue weighted by atomic mass is 9.83. The molecule has 1 aromatic carbocycles. The van der Waals surface area contributed by atoms with Crippen molar-refractivity contribution in [3.05, 3.63) is 40.7 Å². The number of benzene rings is 1. The van der Waals surface area contributed by atoms with Gasteiger partial charge in [-0.2, -0.15) is 0 Å². The molecular weight excluding hydrogens is 225 g/mol. The molecule has 0 heterocycles. The molecule has 0 atom stereocenters. The summed E-state index contributed by atoms with van der Waals surface area (Å²) in [5, 5.41) is 0. The fourth-order valence-electron chi connectivity index (χ4n) is 2.78. The van der Waals surface area contributed by atoms with Gasteiger partial charge in [0.15, 0.2) is 0 Å². The quantitative estimate of drug-likeness (QED) is 0.856. The second kappa shape index (κ2) is 6.14. The summed E-state index contributed by atoms with van der Waals surface area (Å²) < 4.78 is 13.3. The standard InChI is InChI=1S/C16H22FN/c1-12-7-8-16(17)10-14(12)9-15(11-18)13-5-3-2-4-6-13/h7-10,13H,2-6,11,18H2,1H3/b15-9-. The van der Waals surface area contributed by atoms with Crippen LogP contribution in [0.15, 0.2) is 23.8 Å². The molecule has 0 unspecified atom stereocenters. The van der Waals surface area contributed by atoms with Gasteiger partial charge in [-0.05, 0) is 48.9 Å². The van der Waals surface area contributed by atoms with E-state index in [0.29, 0.717) is 12.5 Å². The predicted octanol–water partition coefficient (Wildman–Crippen LogP) is 4.06. The Balaban J connectivity index is 2.24. The minimum Gasteiger partial charge on any atom is -0.327 e. The van der Waals surface area contributed by atoms with Gasteiger partial charge in [0.1, 0.15) is 5.82 Å². The molecule has 0 amide bonds. The van der Waals surface area contributed by atoms with Crippen molar-refractivity contribution in [2.75, 3.05) is 6.54 Å². The third-order valence-corrected chi connectivity index (χ3v) is 3.95. The van der Waals surface area contributed by atoms with Crippen molar-refractivity contribution in [2.45, 2.75) is 39.0 Å². The van der Waals surface area contributed by atoms with Gasteiger partial charge in [0.05, 0.1) is 0 Å². The van der Waals surface area contributed by atoms with Crippen molar-refractivity contribution in [3.63, 3.8) is 0 Å². The van der Waals surface area contributed by atoms with Crippen LogP contribution in [0.3, 0.4) is 0 Å². The Hall–Kier alpha value is -1.15. The molecule has 1 saturated carbocycles. The fourth-order valence-corrected chi connectivity index (χ4v) is 2.78. The molecule has 2 heteroatoms. The van der Waals surface area contributed by atoms with Crippen LogP contribution in [0.1, 0.15) is 43.2 Å². The number of hydrogen-bond donors (Lipinski definition) is 1. The van der Waals surface area contributed by atoms with Crippen molar-refractivity contribution in [1.82, 2.24) is 0 Å². The van der Waals surface area contributed by atoms with E-state index >= 15 is 0 Å². The van der Waals surface area contributed by atoms with E-state index in [0.717, 1.165) is 11.1 Å². The van der Waals surface area contributed by atoms with Crippen LogP contribution < -0.4 is 5.73 Å². The smallest absolute Gasteiger partial charge is 0.123 e. The van der Waals surface area contributed by atoms with Crippen LogP contribution in [0.25, 0.3) is 6.08 Å². The lowest BCUT2D eigenvalue weighted by molar-refractivity contribution is 0.401. The number of rotatable bonds is 3. The Morgan fingerprint density at radius 3 is 2.72 bits per heavy atom. The highest BCUT2D eigenvalue weighted by molar-refractivity contribution is 5.57. The van der Waals surface area contributed by atoms with E-state index in [-0.39, 0.29) is 5.82 Å².